The van der Waals surface area contributed by atoms with Crippen LogP contribution in [-0.2, 0) is 6.42 Å². The minimum Gasteiger partial charge on any atom is -0.535 e. The van der Waals surface area contributed by atoms with Crippen molar-refractivity contribution in [3.8, 4) is 17.7 Å². The molecule has 24 heavy (non-hydrogen) atoms. The molecule has 1 fully saturated rings. The monoisotopic (exact) mass is 329 g/mol. The average Bonchev–Trinajstić information content (AvgIpc) is 2.49. The van der Waals surface area contributed by atoms with E-state index < -0.39 is 13.1 Å². The number of ether oxygens (including phenoxy) is 1. The summed E-state index contributed by atoms with van der Waals surface area (Å²) in [6, 6.07) is 3.39. The number of fused-ring (bicyclic) bond motifs is 1. The van der Waals surface area contributed by atoms with Gasteiger partial charge >= 0.3 is 13.1 Å². The highest BCUT2D eigenvalue weighted by molar-refractivity contribution is 6.44. The lowest BCUT2D eigenvalue weighted by Crippen LogP contribution is -2.55. The number of hydrogen-bond donors (Lipinski definition) is 2. The maximum atomic E-state index is 11.6. The number of nitriles is 1. The maximum absolute atomic E-state index is 11.6. The minimum atomic E-state index is -1.16. The molecule has 0 spiro atoms. The summed E-state index contributed by atoms with van der Waals surface area (Å²) in [5, 5.41) is 27.7. The molecule has 124 valence electrons. The quantitative estimate of drug-likeness (QED) is 0.364. The van der Waals surface area contributed by atoms with Crippen molar-refractivity contribution in [1.82, 2.24) is 4.90 Å². The molecule has 1 aromatic carbocycles. The second-order valence-corrected chi connectivity index (χ2v) is 5.75. The number of aryl methyl sites for hydroxylation is 1. The zero-order valence-corrected chi connectivity index (χ0v) is 13.1. The van der Waals surface area contributed by atoms with E-state index in [0.717, 1.165) is 5.56 Å². The maximum Gasteiger partial charge on any atom is 0.522 e. The van der Waals surface area contributed by atoms with Crippen LogP contribution in [0.25, 0.3) is 0 Å². The lowest BCUT2D eigenvalue weighted by molar-refractivity contribution is 0.0596. The third-order valence-electron chi connectivity index (χ3n) is 4.14. The topological polar surface area (TPSA) is 115 Å². The van der Waals surface area contributed by atoms with Gasteiger partial charge in [-0.1, -0.05) is 6.07 Å². The molecule has 0 aliphatic carbocycles. The van der Waals surface area contributed by atoms with Crippen LogP contribution in [0.5, 0.6) is 11.5 Å². The highest BCUT2D eigenvalue weighted by Gasteiger charge is 2.34. The summed E-state index contributed by atoms with van der Waals surface area (Å²) in [7, 11) is -1.00. The van der Waals surface area contributed by atoms with Crippen molar-refractivity contribution >= 4 is 18.9 Å². The molecule has 0 atom stereocenters. The highest BCUT2D eigenvalue weighted by atomic mass is 16.5. The SMILES string of the molecule is CC(=NC#N)N1CC(Oc2ccc3c(c2C(=O)O)OB(O)CC3)C1. The number of aliphatic imine (C=N–C) groups is 1. The van der Waals surface area contributed by atoms with Gasteiger partial charge in [0.25, 0.3) is 0 Å². The summed E-state index contributed by atoms with van der Waals surface area (Å²) >= 11 is 0. The molecule has 2 aliphatic heterocycles. The Bertz CT molecular complexity index is 739. The van der Waals surface area contributed by atoms with E-state index in [4.69, 9.17) is 14.7 Å². The standard InChI is InChI=1S/C15H16BN3O5/c1-9(18-8-17)19-6-11(7-19)23-12-3-2-10-4-5-16(22)24-14(10)13(12)15(20)21/h2-3,11,22H,4-7H2,1H3,(H,20,21). The lowest BCUT2D eigenvalue weighted by atomic mass is 9.78. The van der Waals surface area contributed by atoms with Crippen LogP contribution in [0.3, 0.4) is 0 Å². The predicted octanol–water partition coefficient (Wildman–Crippen LogP) is 0.763. The van der Waals surface area contributed by atoms with Crippen LogP contribution >= 0.6 is 0 Å². The van der Waals surface area contributed by atoms with Gasteiger partial charge in [-0.25, -0.2) is 4.79 Å². The first-order valence-electron chi connectivity index (χ1n) is 7.58. The van der Waals surface area contributed by atoms with E-state index in [-0.39, 0.29) is 23.2 Å². The van der Waals surface area contributed by atoms with Crippen molar-refractivity contribution < 1.29 is 24.3 Å². The van der Waals surface area contributed by atoms with E-state index in [2.05, 4.69) is 4.99 Å². The van der Waals surface area contributed by atoms with Crippen LogP contribution < -0.4 is 9.39 Å². The number of aromatic carboxylic acids is 1. The van der Waals surface area contributed by atoms with Gasteiger partial charge in [0.1, 0.15) is 29.0 Å². The molecular weight excluding hydrogens is 313 g/mol. The zero-order valence-electron chi connectivity index (χ0n) is 13.1. The molecule has 8 nitrogen and oxygen atoms in total. The summed E-state index contributed by atoms with van der Waals surface area (Å²) < 4.78 is 11.1. The van der Waals surface area contributed by atoms with Crippen LogP contribution in [0, 0.1) is 11.5 Å². The number of carboxylic acid groups (broad SMARTS) is 1. The third kappa shape index (κ3) is 3.01. The predicted molar refractivity (Wildman–Crippen MR) is 85.2 cm³/mol. The Kier molecular flexibility index (Phi) is 4.31. The van der Waals surface area contributed by atoms with Crippen molar-refractivity contribution in [2.45, 2.75) is 25.8 Å². The number of likely N-dealkylation sites (tertiary alicyclic amines) is 1. The van der Waals surface area contributed by atoms with Crippen molar-refractivity contribution in [3.63, 3.8) is 0 Å². The van der Waals surface area contributed by atoms with E-state index in [1.807, 2.05) is 4.90 Å². The fraction of sp³-hybridized carbons (Fsp3) is 0.400. The fourth-order valence-corrected chi connectivity index (χ4v) is 2.81. The summed E-state index contributed by atoms with van der Waals surface area (Å²) in [6.07, 6.45) is 2.52. The smallest absolute Gasteiger partial charge is 0.522 e. The Morgan fingerprint density at radius 1 is 1.54 bits per heavy atom. The Labute approximate surface area is 139 Å². The number of nitrogens with zero attached hydrogens (tertiary/aromatic N) is 3. The molecule has 0 bridgehead atoms. The second kappa shape index (κ2) is 6.41. The average molecular weight is 329 g/mol. The number of carbonyl (C=O) groups is 1. The molecule has 0 amide bonds. The van der Waals surface area contributed by atoms with Crippen LogP contribution in [0.15, 0.2) is 17.1 Å². The van der Waals surface area contributed by atoms with Gasteiger partial charge in [0.2, 0.25) is 6.19 Å². The Morgan fingerprint density at radius 2 is 2.29 bits per heavy atom. The van der Waals surface area contributed by atoms with Gasteiger partial charge in [-0.2, -0.15) is 10.3 Å². The van der Waals surface area contributed by atoms with Crippen molar-refractivity contribution in [2.75, 3.05) is 13.1 Å². The van der Waals surface area contributed by atoms with Gasteiger partial charge in [-0.05, 0) is 31.3 Å². The third-order valence-corrected chi connectivity index (χ3v) is 4.14. The summed E-state index contributed by atoms with van der Waals surface area (Å²) in [6.45, 7) is 2.78. The van der Waals surface area contributed by atoms with E-state index in [1.54, 1.807) is 25.2 Å². The number of rotatable bonds is 3. The van der Waals surface area contributed by atoms with Gasteiger partial charge < -0.3 is 24.4 Å². The van der Waals surface area contributed by atoms with Gasteiger partial charge in [0.15, 0.2) is 0 Å². The molecule has 0 radical (unpaired) electrons. The summed E-state index contributed by atoms with van der Waals surface area (Å²) in [5.74, 6) is -0.158. The van der Waals surface area contributed by atoms with Crippen molar-refractivity contribution in [1.29, 1.82) is 5.26 Å². The zero-order chi connectivity index (χ0) is 17.3. The molecule has 0 unspecified atom stereocenters. The van der Waals surface area contributed by atoms with Crippen LogP contribution in [0.1, 0.15) is 22.8 Å². The Morgan fingerprint density at radius 3 is 2.96 bits per heavy atom. The van der Waals surface area contributed by atoms with Gasteiger partial charge in [-0.15, -0.1) is 0 Å². The molecule has 2 heterocycles. The lowest BCUT2D eigenvalue weighted by Gasteiger charge is -2.40. The first kappa shape index (κ1) is 16.1. The van der Waals surface area contributed by atoms with Crippen molar-refractivity contribution in [2.24, 2.45) is 4.99 Å². The number of hydrogen-bond acceptors (Lipinski definition) is 6. The first-order valence-corrected chi connectivity index (χ1v) is 7.58. The molecule has 0 saturated carbocycles. The van der Waals surface area contributed by atoms with E-state index >= 15 is 0 Å². The minimum absolute atomic E-state index is 0.0629. The molecule has 1 aromatic rings. The molecule has 1 saturated heterocycles. The molecule has 3 rings (SSSR count). The van der Waals surface area contributed by atoms with Crippen LogP contribution in [0.4, 0.5) is 0 Å². The molecule has 0 aromatic heterocycles. The van der Waals surface area contributed by atoms with Crippen LogP contribution in [0.2, 0.25) is 6.32 Å². The normalized spacial score (nSPS) is 17.5. The summed E-state index contributed by atoms with van der Waals surface area (Å²) in [5.41, 5.74) is 0.685. The highest BCUT2D eigenvalue weighted by Crippen LogP contribution is 2.37. The Hall–Kier alpha value is -2.73. The molecule has 9 heteroatoms. The number of benzene rings is 1. The van der Waals surface area contributed by atoms with Crippen molar-refractivity contribution in [3.05, 3.63) is 23.3 Å². The van der Waals surface area contributed by atoms with E-state index in [1.165, 1.54) is 0 Å². The van der Waals surface area contributed by atoms with Gasteiger partial charge in [-0.3, -0.25) is 0 Å². The second-order valence-electron chi connectivity index (χ2n) is 5.75. The molecule has 2 N–H and O–H groups in total. The number of carboxylic acids is 1. The van der Waals surface area contributed by atoms with Gasteiger partial charge in [0, 0.05) is 0 Å². The van der Waals surface area contributed by atoms with Crippen LogP contribution in [-0.4, -0.2) is 53.1 Å². The summed E-state index contributed by atoms with van der Waals surface area (Å²) in [4.78, 5) is 17.2. The van der Waals surface area contributed by atoms with E-state index in [9.17, 15) is 14.9 Å². The van der Waals surface area contributed by atoms with E-state index in [0.29, 0.717) is 31.7 Å². The van der Waals surface area contributed by atoms with Gasteiger partial charge in [0.05, 0.1) is 13.1 Å². The fourth-order valence-electron chi connectivity index (χ4n) is 2.81. The first-order chi connectivity index (χ1) is 11.5. The molecule has 2 aliphatic rings. The number of amidine groups is 1. The largest absolute Gasteiger partial charge is 0.535 e. The Balaban J connectivity index is 1.78. The molecular formula is C15H16BN3O5.